The van der Waals surface area contributed by atoms with Crippen LogP contribution < -0.4 is 0 Å². The minimum absolute atomic E-state index is 0.326. The summed E-state index contributed by atoms with van der Waals surface area (Å²) in [5, 5.41) is 9.92. The zero-order chi connectivity index (χ0) is 19.5. The van der Waals surface area contributed by atoms with Crippen molar-refractivity contribution in [3.63, 3.8) is 0 Å². The van der Waals surface area contributed by atoms with Gasteiger partial charge in [-0.3, -0.25) is 4.57 Å². The average Bonchev–Trinajstić information content (AvgIpc) is 3.11. The fourth-order valence-corrected chi connectivity index (χ4v) is 3.85. The molecule has 3 aromatic carbocycles. The first-order valence-electron chi connectivity index (χ1n) is 8.45. The summed E-state index contributed by atoms with van der Waals surface area (Å²) in [5.41, 5.74) is 2.49. The lowest BCUT2D eigenvalue weighted by Gasteiger charge is -2.10. The second-order valence-corrected chi connectivity index (χ2v) is 7.42. The van der Waals surface area contributed by atoms with Gasteiger partial charge in [-0.1, -0.05) is 35.5 Å². The maximum absolute atomic E-state index is 13.4. The Bertz CT molecular complexity index is 1100. The van der Waals surface area contributed by atoms with Gasteiger partial charge in [-0.2, -0.15) is 0 Å². The standard InChI is InChI=1S/C21H14ClF2N3S/c22-16-3-1-2-14(12-16)13-28-21-26-25-20(15-4-6-17(23)7-5-15)27(21)19-10-8-18(24)9-11-19/h1-12H,13H2. The zero-order valence-corrected chi connectivity index (χ0v) is 16.1. The van der Waals surface area contributed by atoms with Crippen LogP contribution in [0, 0.1) is 11.6 Å². The fraction of sp³-hybridized carbons (Fsp3) is 0.0476. The molecule has 1 heterocycles. The summed E-state index contributed by atoms with van der Waals surface area (Å²) in [6.45, 7) is 0. The number of rotatable bonds is 5. The summed E-state index contributed by atoms with van der Waals surface area (Å²) in [4.78, 5) is 0. The fourth-order valence-electron chi connectivity index (χ4n) is 2.75. The second-order valence-electron chi connectivity index (χ2n) is 6.04. The Morgan fingerprint density at radius 2 is 1.54 bits per heavy atom. The Kier molecular flexibility index (Phi) is 5.41. The lowest BCUT2D eigenvalue weighted by Crippen LogP contribution is -2.00. The number of benzene rings is 3. The van der Waals surface area contributed by atoms with E-state index in [1.165, 1.54) is 36.0 Å². The van der Waals surface area contributed by atoms with Crippen LogP contribution in [-0.4, -0.2) is 14.8 Å². The molecule has 7 heteroatoms. The van der Waals surface area contributed by atoms with Gasteiger partial charge in [0.2, 0.25) is 0 Å². The van der Waals surface area contributed by atoms with Crippen molar-refractivity contribution in [1.29, 1.82) is 0 Å². The van der Waals surface area contributed by atoms with Gasteiger partial charge in [0, 0.05) is 22.0 Å². The average molecular weight is 414 g/mol. The van der Waals surface area contributed by atoms with E-state index in [-0.39, 0.29) is 11.6 Å². The van der Waals surface area contributed by atoms with E-state index in [9.17, 15) is 8.78 Å². The highest BCUT2D eigenvalue weighted by atomic mass is 35.5. The number of hydrogen-bond acceptors (Lipinski definition) is 3. The lowest BCUT2D eigenvalue weighted by molar-refractivity contribution is 0.626. The molecular formula is C21H14ClF2N3S. The molecule has 0 fully saturated rings. The first-order chi connectivity index (χ1) is 13.6. The van der Waals surface area contributed by atoms with E-state index in [0.717, 1.165) is 11.3 Å². The molecule has 0 atom stereocenters. The normalized spacial score (nSPS) is 11.0. The molecule has 0 spiro atoms. The third-order valence-corrected chi connectivity index (χ3v) is 5.31. The summed E-state index contributed by atoms with van der Waals surface area (Å²) in [5.74, 6) is 0.546. The molecule has 1 aromatic heterocycles. The second kappa shape index (κ2) is 8.12. The van der Waals surface area contributed by atoms with Crippen molar-refractivity contribution in [2.24, 2.45) is 0 Å². The third-order valence-electron chi connectivity index (χ3n) is 4.08. The largest absolute Gasteiger partial charge is 0.270 e. The van der Waals surface area contributed by atoms with E-state index >= 15 is 0 Å². The molecule has 28 heavy (non-hydrogen) atoms. The van der Waals surface area contributed by atoms with Crippen LogP contribution in [0.2, 0.25) is 5.02 Å². The van der Waals surface area contributed by atoms with Crippen LogP contribution in [0.15, 0.2) is 78.0 Å². The summed E-state index contributed by atoms with van der Waals surface area (Å²) < 4.78 is 28.6. The Morgan fingerprint density at radius 1 is 0.857 bits per heavy atom. The maximum atomic E-state index is 13.4. The Hall–Kier alpha value is -2.70. The van der Waals surface area contributed by atoms with Gasteiger partial charge in [0.1, 0.15) is 11.6 Å². The van der Waals surface area contributed by atoms with E-state index < -0.39 is 0 Å². The first kappa shape index (κ1) is 18.7. The van der Waals surface area contributed by atoms with Crippen molar-refractivity contribution >= 4 is 23.4 Å². The van der Waals surface area contributed by atoms with Crippen molar-refractivity contribution in [3.8, 4) is 17.1 Å². The van der Waals surface area contributed by atoms with Gasteiger partial charge in [0.05, 0.1) is 0 Å². The number of thioether (sulfide) groups is 1. The van der Waals surface area contributed by atoms with Crippen molar-refractivity contribution in [1.82, 2.24) is 14.8 Å². The van der Waals surface area contributed by atoms with E-state index in [1.807, 2.05) is 28.8 Å². The molecule has 0 aliphatic carbocycles. The van der Waals surface area contributed by atoms with Gasteiger partial charge in [0.25, 0.3) is 0 Å². The van der Waals surface area contributed by atoms with Gasteiger partial charge in [-0.05, 0) is 66.2 Å². The van der Waals surface area contributed by atoms with Gasteiger partial charge in [-0.25, -0.2) is 8.78 Å². The molecule has 0 unspecified atom stereocenters. The number of hydrogen-bond donors (Lipinski definition) is 0. The molecule has 0 N–H and O–H groups in total. The summed E-state index contributed by atoms with van der Waals surface area (Å²) in [7, 11) is 0. The highest BCUT2D eigenvalue weighted by Gasteiger charge is 2.16. The van der Waals surface area contributed by atoms with Crippen molar-refractivity contribution < 1.29 is 8.78 Å². The molecule has 0 saturated carbocycles. The van der Waals surface area contributed by atoms with Crippen LogP contribution in [0.5, 0.6) is 0 Å². The van der Waals surface area contributed by atoms with Crippen molar-refractivity contribution in [2.75, 3.05) is 0 Å². The van der Waals surface area contributed by atoms with Crippen molar-refractivity contribution in [3.05, 3.63) is 95.0 Å². The highest BCUT2D eigenvalue weighted by molar-refractivity contribution is 7.98. The highest BCUT2D eigenvalue weighted by Crippen LogP contribution is 2.30. The minimum atomic E-state index is -0.327. The molecular weight excluding hydrogens is 400 g/mol. The predicted molar refractivity (Wildman–Crippen MR) is 108 cm³/mol. The molecule has 0 amide bonds. The van der Waals surface area contributed by atoms with Crippen LogP contribution in [0.4, 0.5) is 8.78 Å². The van der Waals surface area contributed by atoms with Crippen LogP contribution in [0.1, 0.15) is 5.56 Å². The predicted octanol–water partition coefficient (Wildman–Crippen LogP) is 6.16. The summed E-state index contributed by atoms with van der Waals surface area (Å²) in [6, 6.07) is 19.7. The quantitative estimate of drug-likeness (QED) is 0.367. The molecule has 4 rings (SSSR count). The zero-order valence-electron chi connectivity index (χ0n) is 14.5. The van der Waals surface area contributed by atoms with Crippen LogP contribution in [-0.2, 0) is 5.75 Å². The number of aromatic nitrogens is 3. The van der Waals surface area contributed by atoms with Crippen molar-refractivity contribution in [2.45, 2.75) is 10.9 Å². The molecule has 0 bridgehead atoms. The Balaban J connectivity index is 1.73. The van der Waals surface area contributed by atoms with Gasteiger partial charge in [-0.15, -0.1) is 10.2 Å². The van der Waals surface area contributed by atoms with Crippen LogP contribution in [0.3, 0.4) is 0 Å². The van der Waals surface area contributed by atoms with Crippen LogP contribution >= 0.6 is 23.4 Å². The monoisotopic (exact) mass is 413 g/mol. The van der Waals surface area contributed by atoms with Gasteiger partial charge in [0.15, 0.2) is 11.0 Å². The molecule has 140 valence electrons. The minimum Gasteiger partial charge on any atom is -0.270 e. The molecule has 3 nitrogen and oxygen atoms in total. The Labute approximate surface area is 170 Å². The smallest absolute Gasteiger partial charge is 0.196 e. The van der Waals surface area contributed by atoms with E-state index in [0.29, 0.717) is 27.3 Å². The SMILES string of the molecule is Fc1ccc(-c2nnc(SCc3cccc(Cl)c3)n2-c2ccc(F)cc2)cc1. The molecule has 0 radical (unpaired) electrons. The first-order valence-corrected chi connectivity index (χ1v) is 9.81. The summed E-state index contributed by atoms with van der Waals surface area (Å²) >= 11 is 7.55. The summed E-state index contributed by atoms with van der Waals surface area (Å²) in [6.07, 6.45) is 0. The molecule has 0 aliphatic heterocycles. The van der Waals surface area contributed by atoms with Gasteiger partial charge >= 0.3 is 0 Å². The van der Waals surface area contributed by atoms with E-state index in [2.05, 4.69) is 10.2 Å². The third kappa shape index (κ3) is 4.08. The maximum Gasteiger partial charge on any atom is 0.196 e. The topological polar surface area (TPSA) is 30.7 Å². The lowest BCUT2D eigenvalue weighted by atomic mass is 10.2. The Morgan fingerprint density at radius 3 is 2.21 bits per heavy atom. The van der Waals surface area contributed by atoms with E-state index in [1.54, 1.807) is 24.3 Å². The van der Waals surface area contributed by atoms with Gasteiger partial charge < -0.3 is 0 Å². The molecule has 0 saturated heterocycles. The number of halogens is 3. The molecule has 0 aliphatic rings. The molecule has 4 aromatic rings. The number of nitrogens with zero attached hydrogens (tertiary/aromatic N) is 3. The van der Waals surface area contributed by atoms with E-state index in [4.69, 9.17) is 11.6 Å². The van der Waals surface area contributed by atoms with Crippen LogP contribution in [0.25, 0.3) is 17.1 Å².